The molecule has 1 aromatic carbocycles. The van der Waals surface area contributed by atoms with Crippen LogP contribution in [0.15, 0.2) is 30.6 Å². The maximum atomic E-state index is 13.2. The van der Waals surface area contributed by atoms with Crippen LogP contribution in [0.1, 0.15) is 22.9 Å². The Morgan fingerprint density at radius 3 is 2.75 bits per heavy atom. The molecule has 1 unspecified atom stereocenters. The predicted octanol–water partition coefficient (Wildman–Crippen LogP) is 2.44. The van der Waals surface area contributed by atoms with E-state index in [4.69, 9.17) is 4.74 Å². The van der Waals surface area contributed by atoms with Crippen molar-refractivity contribution in [2.75, 3.05) is 14.2 Å². The number of benzene rings is 1. The van der Waals surface area contributed by atoms with Gasteiger partial charge < -0.3 is 10.1 Å². The van der Waals surface area contributed by atoms with Crippen molar-refractivity contribution in [3.05, 3.63) is 53.2 Å². The second-order valence-electron chi connectivity index (χ2n) is 4.60. The summed E-state index contributed by atoms with van der Waals surface area (Å²) in [6.07, 6.45) is 2.17. The standard InChI is InChI=1S/C15H18FN3O/c1-10-6-11(16)4-5-13(10)14(17-2)7-12-8-15(20-3)19-9-18-12/h4-6,8-9,14,17H,7H2,1-3H3. The van der Waals surface area contributed by atoms with Gasteiger partial charge in [-0.3, -0.25) is 0 Å². The normalized spacial score (nSPS) is 12.2. The smallest absolute Gasteiger partial charge is 0.216 e. The summed E-state index contributed by atoms with van der Waals surface area (Å²) in [6.45, 7) is 1.91. The fourth-order valence-corrected chi connectivity index (χ4v) is 2.21. The first kappa shape index (κ1) is 14.4. The van der Waals surface area contributed by atoms with Crippen LogP contribution >= 0.6 is 0 Å². The Balaban J connectivity index is 2.23. The van der Waals surface area contributed by atoms with Crippen molar-refractivity contribution in [1.29, 1.82) is 0 Å². The minimum Gasteiger partial charge on any atom is -0.481 e. The van der Waals surface area contributed by atoms with Crippen LogP contribution in [0.2, 0.25) is 0 Å². The van der Waals surface area contributed by atoms with Gasteiger partial charge in [0.25, 0.3) is 0 Å². The first-order valence-electron chi connectivity index (χ1n) is 6.42. The molecule has 0 aliphatic carbocycles. The van der Waals surface area contributed by atoms with Gasteiger partial charge in [0, 0.05) is 24.2 Å². The minimum atomic E-state index is -0.218. The van der Waals surface area contributed by atoms with E-state index in [-0.39, 0.29) is 11.9 Å². The first-order chi connectivity index (χ1) is 9.63. The zero-order valence-corrected chi connectivity index (χ0v) is 11.9. The van der Waals surface area contributed by atoms with Crippen LogP contribution < -0.4 is 10.1 Å². The van der Waals surface area contributed by atoms with Gasteiger partial charge in [0.1, 0.15) is 12.1 Å². The van der Waals surface area contributed by atoms with Crippen LogP contribution in [0, 0.1) is 12.7 Å². The fraction of sp³-hybridized carbons (Fsp3) is 0.333. The zero-order valence-electron chi connectivity index (χ0n) is 11.9. The summed E-state index contributed by atoms with van der Waals surface area (Å²) in [5, 5.41) is 3.24. The van der Waals surface area contributed by atoms with Gasteiger partial charge in [-0.25, -0.2) is 14.4 Å². The Morgan fingerprint density at radius 2 is 2.10 bits per heavy atom. The summed E-state index contributed by atoms with van der Waals surface area (Å²) in [5.41, 5.74) is 2.86. The number of likely N-dealkylation sites (N-methyl/N-ethyl adjacent to an activating group) is 1. The number of rotatable bonds is 5. The maximum absolute atomic E-state index is 13.2. The van der Waals surface area contributed by atoms with Crippen molar-refractivity contribution in [3.8, 4) is 5.88 Å². The molecule has 4 nitrogen and oxygen atoms in total. The van der Waals surface area contributed by atoms with Crippen molar-refractivity contribution in [2.45, 2.75) is 19.4 Å². The van der Waals surface area contributed by atoms with Gasteiger partial charge >= 0.3 is 0 Å². The summed E-state index contributed by atoms with van der Waals surface area (Å²) in [7, 11) is 3.46. The van der Waals surface area contributed by atoms with Gasteiger partial charge in [0.05, 0.1) is 7.11 Å². The number of nitrogens with one attached hydrogen (secondary N) is 1. The highest BCUT2D eigenvalue weighted by molar-refractivity contribution is 5.30. The number of aryl methyl sites for hydroxylation is 1. The largest absolute Gasteiger partial charge is 0.481 e. The molecule has 0 radical (unpaired) electrons. The van der Waals surface area contributed by atoms with Crippen LogP contribution in [0.25, 0.3) is 0 Å². The van der Waals surface area contributed by atoms with E-state index in [9.17, 15) is 4.39 Å². The topological polar surface area (TPSA) is 47.0 Å². The molecule has 1 atom stereocenters. The van der Waals surface area contributed by atoms with E-state index in [1.807, 2.05) is 26.1 Å². The van der Waals surface area contributed by atoms with E-state index in [0.717, 1.165) is 16.8 Å². The lowest BCUT2D eigenvalue weighted by Gasteiger charge is -2.18. The van der Waals surface area contributed by atoms with Crippen LogP contribution in [-0.4, -0.2) is 24.1 Å². The summed E-state index contributed by atoms with van der Waals surface area (Å²) < 4.78 is 18.3. The molecule has 0 aliphatic heterocycles. The fourth-order valence-electron chi connectivity index (χ4n) is 2.21. The number of methoxy groups -OCH3 is 1. The van der Waals surface area contributed by atoms with Crippen molar-refractivity contribution in [3.63, 3.8) is 0 Å². The molecule has 0 saturated heterocycles. The highest BCUT2D eigenvalue weighted by Gasteiger charge is 2.14. The average Bonchev–Trinajstić information content (AvgIpc) is 2.45. The van der Waals surface area contributed by atoms with E-state index >= 15 is 0 Å². The maximum Gasteiger partial charge on any atom is 0.216 e. The second-order valence-corrected chi connectivity index (χ2v) is 4.60. The Labute approximate surface area is 118 Å². The summed E-state index contributed by atoms with van der Waals surface area (Å²) in [5.74, 6) is 0.325. The van der Waals surface area contributed by atoms with E-state index in [0.29, 0.717) is 12.3 Å². The van der Waals surface area contributed by atoms with Gasteiger partial charge in [-0.2, -0.15) is 0 Å². The quantitative estimate of drug-likeness (QED) is 0.910. The van der Waals surface area contributed by atoms with E-state index < -0.39 is 0 Å². The van der Waals surface area contributed by atoms with Gasteiger partial charge in [0.15, 0.2) is 0 Å². The zero-order chi connectivity index (χ0) is 14.5. The van der Waals surface area contributed by atoms with Crippen molar-refractivity contribution < 1.29 is 9.13 Å². The molecular formula is C15H18FN3O. The van der Waals surface area contributed by atoms with E-state index in [2.05, 4.69) is 15.3 Å². The van der Waals surface area contributed by atoms with Gasteiger partial charge in [0.2, 0.25) is 5.88 Å². The highest BCUT2D eigenvalue weighted by Crippen LogP contribution is 2.22. The highest BCUT2D eigenvalue weighted by atomic mass is 19.1. The molecular weight excluding hydrogens is 257 g/mol. The molecule has 5 heteroatoms. The lowest BCUT2D eigenvalue weighted by molar-refractivity contribution is 0.395. The predicted molar refractivity (Wildman–Crippen MR) is 75.2 cm³/mol. The van der Waals surface area contributed by atoms with Crippen LogP contribution in [-0.2, 0) is 6.42 Å². The summed E-state index contributed by atoms with van der Waals surface area (Å²) in [4.78, 5) is 8.23. The average molecular weight is 275 g/mol. The molecule has 1 N–H and O–H groups in total. The molecule has 1 aromatic heterocycles. The van der Waals surface area contributed by atoms with Crippen LogP contribution in [0.3, 0.4) is 0 Å². The van der Waals surface area contributed by atoms with Gasteiger partial charge in [-0.05, 0) is 37.2 Å². The number of ether oxygens (including phenoxy) is 1. The Bertz CT molecular complexity index is 589. The molecule has 0 amide bonds. The lowest BCUT2D eigenvalue weighted by atomic mass is 9.97. The minimum absolute atomic E-state index is 0.0650. The van der Waals surface area contributed by atoms with Crippen LogP contribution in [0.5, 0.6) is 5.88 Å². The van der Waals surface area contributed by atoms with E-state index in [1.165, 1.54) is 12.4 Å². The third kappa shape index (κ3) is 3.30. The second kappa shape index (κ2) is 6.43. The number of hydrogen-bond donors (Lipinski definition) is 1. The molecule has 2 aromatic rings. The third-order valence-corrected chi connectivity index (χ3v) is 3.28. The molecule has 0 spiro atoms. The Morgan fingerprint density at radius 1 is 1.30 bits per heavy atom. The van der Waals surface area contributed by atoms with E-state index in [1.54, 1.807) is 13.2 Å². The van der Waals surface area contributed by atoms with Crippen molar-refractivity contribution >= 4 is 0 Å². The molecule has 1 heterocycles. The first-order valence-corrected chi connectivity index (χ1v) is 6.42. The van der Waals surface area contributed by atoms with Crippen molar-refractivity contribution in [2.24, 2.45) is 0 Å². The molecule has 106 valence electrons. The SMILES string of the molecule is CNC(Cc1cc(OC)ncn1)c1ccc(F)cc1C. The molecule has 0 saturated carbocycles. The van der Waals surface area contributed by atoms with Crippen molar-refractivity contribution in [1.82, 2.24) is 15.3 Å². The molecule has 0 aliphatic rings. The number of hydrogen-bond acceptors (Lipinski definition) is 4. The summed E-state index contributed by atoms with van der Waals surface area (Å²) in [6, 6.07) is 6.70. The number of nitrogens with zero attached hydrogens (tertiary/aromatic N) is 2. The number of aromatic nitrogens is 2. The Hall–Kier alpha value is -2.01. The third-order valence-electron chi connectivity index (χ3n) is 3.28. The summed E-state index contributed by atoms with van der Waals surface area (Å²) >= 11 is 0. The lowest BCUT2D eigenvalue weighted by Crippen LogP contribution is -2.20. The molecule has 0 fully saturated rings. The molecule has 20 heavy (non-hydrogen) atoms. The van der Waals surface area contributed by atoms with Gasteiger partial charge in [-0.1, -0.05) is 6.07 Å². The van der Waals surface area contributed by atoms with Gasteiger partial charge in [-0.15, -0.1) is 0 Å². The Kier molecular flexibility index (Phi) is 4.63. The monoisotopic (exact) mass is 275 g/mol. The molecule has 2 rings (SSSR count). The molecule has 0 bridgehead atoms. The van der Waals surface area contributed by atoms with Crippen LogP contribution in [0.4, 0.5) is 4.39 Å². The number of halogens is 1.